The van der Waals surface area contributed by atoms with E-state index in [0.29, 0.717) is 11.3 Å². The molecule has 0 fully saturated rings. The molecule has 9 heteroatoms. The highest BCUT2D eigenvalue weighted by Gasteiger charge is 2.26. The Hall–Kier alpha value is -4.27. The van der Waals surface area contributed by atoms with Crippen LogP contribution in [0.5, 0.6) is 0 Å². The van der Waals surface area contributed by atoms with Crippen LogP contribution in [0.25, 0.3) is 28.0 Å². The van der Waals surface area contributed by atoms with Crippen molar-refractivity contribution in [1.82, 2.24) is 29.3 Å². The number of nitrogen functional groups attached to an aromatic ring is 1. The van der Waals surface area contributed by atoms with Crippen LogP contribution in [0.1, 0.15) is 17.2 Å². The van der Waals surface area contributed by atoms with Gasteiger partial charge in [-0.3, -0.25) is 4.98 Å². The number of nitrogens with zero attached hydrogens (tertiary/aromatic N) is 6. The number of aryl methyl sites for hydroxylation is 3. The highest BCUT2D eigenvalue weighted by Crippen LogP contribution is 2.33. The van der Waals surface area contributed by atoms with Gasteiger partial charge in [-0.2, -0.15) is 4.68 Å². The third-order valence-corrected chi connectivity index (χ3v) is 5.45. The second-order valence-corrected chi connectivity index (χ2v) is 7.82. The van der Waals surface area contributed by atoms with Crippen molar-refractivity contribution < 1.29 is 4.40 Å². The molecule has 0 radical (unpaired) electrons. The second-order valence-electron chi connectivity index (χ2n) is 7.82. The summed E-state index contributed by atoms with van der Waals surface area (Å²) >= 11 is 0. The zero-order chi connectivity index (χ0) is 22.4. The van der Waals surface area contributed by atoms with Gasteiger partial charge in [-0.25, -0.2) is 14.9 Å². The topological polar surface area (TPSA) is 112 Å². The quantitative estimate of drug-likeness (QED) is 0.426. The number of nitrogens with two attached hydrogens (primary N) is 1. The maximum absolute atomic E-state index is 13.3. The molecule has 0 atom stereocenters. The molecule has 0 aliphatic rings. The normalized spacial score (nSPS) is 11.3. The van der Waals surface area contributed by atoms with Gasteiger partial charge in [0.15, 0.2) is 0 Å². The smallest absolute Gasteiger partial charge is 0.336 e. The summed E-state index contributed by atoms with van der Waals surface area (Å²) in [5, 5.41) is 3.26. The predicted molar refractivity (Wildman–Crippen MR) is 121 cm³/mol. The van der Waals surface area contributed by atoms with Gasteiger partial charge in [-0.15, -0.1) is 9.38 Å². The van der Waals surface area contributed by atoms with Crippen LogP contribution in [0.3, 0.4) is 0 Å². The minimum Gasteiger partial charge on any atom is -0.336 e. The van der Waals surface area contributed by atoms with Gasteiger partial charge in [0.25, 0.3) is 0 Å². The average molecular weight is 427 g/mol. The Labute approximate surface area is 183 Å². The number of aromatic nitrogens is 7. The van der Waals surface area contributed by atoms with Gasteiger partial charge in [-0.05, 0) is 31.5 Å². The molecule has 0 saturated heterocycles. The van der Waals surface area contributed by atoms with E-state index in [1.54, 1.807) is 6.20 Å². The fourth-order valence-corrected chi connectivity index (χ4v) is 4.01. The van der Waals surface area contributed by atoms with Gasteiger partial charge < -0.3 is 10.3 Å². The molecular weight excluding hydrogens is 404 g/mol. The first kappa shape index (κ1) is 19.7. The van der Waals surface area contributed by atoms with Crippen molar-refractivity contribution in [2.24, 2.45) is 7.05 Å². The van der Waals surface area contributed by atoms with Crippen LogP contribution in [-0.2, 0) is 13.6 Å². The summed E-state index contributed by atoms with van der Waals surface area (Å²) < 4.78 is 4.78. The van der Waals surface area contributed by atoms with Crippen LogP contribution in [0.15, 0.2) is 59.7 Å². The third kappa shape index (κ3) is 3.24. The summed E-state index contributed by atoms with van der Waals surface area (Å²) in [7, 11) is 1.89. The molecule has 0 saturated carbocycles. The number of fused-ring (bicyclic) bond motifs is 1. The molecule has 9 nitrogen and oxygen atoms in total. The Bertz CT molecular complexity index is 1490. The number of pyridine rings is 1. The number of imidazole rings is 1. The number of aromatic amines is 1. The van der Waals surface area contributed by atoms with Crippen LogP contribution in [0.4, 0.5) is 5.95 Å². The van der Waals surface area contributed by atoms with Crippen molar-refractivity contribution in [3.63, 3.8) is 0 Å². The molecule has 0 aliphatic heterocycles. The van der Waals surface area contributed by atoms with Gasteiger partial charge in [-0.1, -0.05) is 30.3 Å². The molecule has 0 aliphatic carbocycles. The Kier molecular flexibility index (Phi) is 4.58. The highest BCUT2D eigenvalue weighted by atomic mass is 16.2. The molecule has 4 heterocycles. The lowest BCUT2D eigenvalue weighted by Gasteiger charge is -2.10. The highest BCUT2D eigenvalue weighted by molar-refractivity contribution is 5.88. The first-order chi connectivity index (χ1) is 15.4. The summed E-state index contributed by atoms with van der Waals surface area (Å²) in [6.07, 6.45) is 3.54. The molecule has 3 N–H and O–H groups in total. The number of rotatable bonds is 4. The maximum atomic E-state index is 13.3. The second kappa shape index (κ2) is 7.45. The van der Waals surface area contributed by atoms with E-state index >= 15 is 0 Å². The zero-order valence-corrected chi connectivity index (χ0v) is 18.1. The molecule has 160 valence electrons. The minimum atomic E-state index is -0.309. The van der Waals surface area contributed by atoms with Crippen LogP contribution in [0, 0.1) is 13.8 Å². The van der Waals surface area contributed by atoms with Crippen LogP contribution >= 0.6 is 0 Å². The fraction of sp³-hybridized carbons (Fsp3) is 0.174. The van der Waals surface area contributed by atoms with E-state index in [1.165, 1.54) is 9.08 Å². The molecule has 5 aromatic rings. The van der Waals surface area contributed by atoms with E-state index in [2.05, 4.69) is 20.1 Å². The Morgan fingerprint density at radius 3 is 2.44 bits per heavy atom. The van der Waals surface area contributed by atoms with Gasteiger partial charge in [0, 0.05) is 36.4 Å². The lowest BCUT2D eigenvalue weighted by atomic mass is 9.99. The number of hydrogen-bond donors (Lipinski definition) is 2. The number of anilines is 1. The van der Waals surface area contributed by atoms with Crippen LogP contribution in [0.2, 0.25) is 0 Å². The molecule has 0 spiro atoms. The number of H-pyrrole nitrogens is 1. The Balaban J connectivity index is 1.84. The standard InChI is InChI=1S/C23H22N8O/c1-14-11-17(12-15(2)26-14)19-20(16-7-5-4-6-8-16)27-22(24)31-21(19)28-30(23(31)32)13-18-25-9-10-29(18)3/h4-12H,13H2,1-3H3,(H2,24,26,27,28)/p+1. The summed E-state index contributed by atoms with van der Waals surface area (Å²) in [6.45, 7) is 4.17. The fourth-order valence-electron chi connectivity index (χ4n) is 4.01. The summed E-state index contributed by atoms with van der Waals surface area (Å²) in [6, 6.07) is 13.8. The molecule has 4 aromatic heterocycles. The van der Waals surface area contributed by atoms with E-state index in [9.17, 15) is 4.79 Å². The number of nitrogens with one attached hydrogen (secondary N) is 1. The third-order valence-electron chi connectivity index (χ3n) is 5.45. The molecular formula is C23H23N8O+. The van der Waals surface area contributed by atoms with Gasteiger partial charge in [0.2, 0.25) is 5.65 Å². The number of benzene rings is 1. The van der Waals surface area contributed by atoms with E-state index in [1.807, 2.05) is 74.1 Å². The van der Waals surface area contributed by atoms with Gasteiger partial charge >= 0.3 is 11.6 Å². The molecule has 1 aromatic carbocycles. The summed E-state index contributed by atoms with van der Waals surface area (Å²) in [4.78, 5) is 26.8. The monoisotopic (exact) mass is 427 g/mol. The zero-order valence-electron chi connectivity index (χ0n) is 18.1. The molecule has 0 unspecified atom stereocenters. The molecule has 5 rings (SSSR count). The van der Waals surface area contributed by atoms with Gasteiger partial charge in [0.1, 0.15) is 18.1 Å². The van der Waals surface area contributed by atoms with Crippen molar-refractivity contribution in [1.29, 1.82) is 0 Å². The van der Waals surface area contributed by atoms with Crippen molar-refractivity contribution in [3.8, 4) is 22.4 Å². The Morgan fingerprint density at radius 2 is 1.78 bits per heavy atom. The first-order valence-corrected chi connectivity index (χ1v) is 10.2. The number of hydrogen-bond acceptors (Lipinski definition) is 5. The van der Waals surface area contributed by atoms with Crippen molar-refractivity contribution in [2.45, 2.75) is 20.4 Å². The Morgan fingerprint density at radius 1 is 1.06 bits per heavy atom. The molecule has 32 heavy (non-hydrogen) atoms. The molecule has 0 bridgehead atoms. The van der Waals surface area contributed by atoms with Crippen LogP contribution in [-0.4, -0.2) is 29.3 Å². The van der Waals surface area contributed by atoms with Crippen molar-refractivity contribution >= 4 is 11.6 Å². The van der Waals surface area contributed by atoms with E-state index in [-0.39, 0.29) is 18.2 Å². The summed E-state index contributed by atoms with van der Waals surface area (Å²) in [5.41, 5.74) is 11.6. The van der Waals surface area contributed by atoms with Crippen molar-refractivity contribution in [2.75, 3.05) is 5.73 Å². The van der Waals surface area contributed by atoms with Gasteiger partial charge in [0.05, 0.1) is 5.56 Å². The van der Waals surface area contributed by atoms with Crippen molar-refractivity contribution in [3.05, 3.63) is 82.6 Å². The van der Waals surface area contributed by atoms with Crippen LogP contribution < -0.4 is 15.8 Å². The average Bonchev–Trinajstić information content (AvgIpc) is 3.31. The van der Waals surface area contributed by atoms with E-state index in [0.717, 1.165) is 33.9 Å². The maximum Gasteiger partial charge on any atom is 0.428 e. The lowest BCUT2D eigenvalue weighted by molar-refractivity contribution is -0.516. The predicted octanol–water partition coefficient (Wildman–Crippen LogP) is 2.02. The molecule has 0 amide bonds. The van der Waals surface area contributed by atoms with E-state index < -0.39 is 0 Å². The first-order valence-electron chi connectivity index (χ1n) is 10.2. The largest absolute Gasteiger partial charge is 0.428 e. The minimum absolute atomic E-state index is 0.116. The van der Waals surface area contributed by atoms with E-state index in [4.69, 9.17) is 5.73 Å². The summed E-state index contributed by atoms with van der Waals surface area (Å²) in [5.74, 6) is 0.858. The SMILES string of the molecule is Cc1cc(-c2c(-c3ccccc3)nc(N)[n+]3c(=O)n(Cc4nccn4C)[nH]c23)cc(C)n1. The lowest BCUT2D eigenvalue weighted by Crippen LogP contribution is -2.44.